The third kappa shape index (κ3) is 17.9. The number of hydrogen-bond acceptors (Lipinski definition) is 4. The SMILES string of the molecule is CC/C=C\C/C=C\C/C=C\C/C=C\C/C=C\CCCCO[C@@H](CC)C(=O)CCCNC(=O)c1ccccc1O. The zero-order valence-corrected chi connectivity index (χ0v) is 24.0. The standard InChI is InChI=1S/C34H49NO4/c1-3-5-6-7-8-9-10-11-12-13-14-15-16-17-18-19-20-23-29-39-33(4-2)32(37)27-24-28-35-34(38)30-25-21-22-26-31(30)36/h5-6,8-9,11-12,14-15,17-18,21-22,25-26,33,36H,3-4,7,10,13,16,19-20,23-24,27-29H2,1-2H3,(H,35,38)/b6-5-,9-8-,12-11-,15-14-,18-17-/t33-/m0/s1. The molecule has 0 aromatic heterocycles. The van der Waals surface area contributed by atoms with Gasteiger partial charge in [0.25, 0.3) is 5.91 Å². The lowest BCUT2D eigenvalue weighted by atomic mass is 10.1. The van der Waals surface area contributed by atoms with Crippen molar-refractivity contribution in [1.29, 1.82) is 0 Å². The average Bonchev–Trinajstić information content (AvgIpc) is 2.94. The van der Waals surface area contributed by atoms with Crippen LogP contribution in [0.4, 0.5) is 0 Å². The number of aromatic hydroxyl groups is 1. The molecule has 0 unspecified atom stereocenters. The minimum Gasteiger partial charge on any atom is -0.507 e. The molecule has 0 bridgehead atoms. The van der Waals surface area contributed by atoms with E-state index in [4.69, 9.17) is 4.74 Å². The third-order valence-electron chi connectivity index (χ3n) is 6.01. The fourth-order valence-electron chi connectivity index (χ4n) is 3.78. The summed E-state index contributed by atoms with van der Waals surface area (Å²) in [6.45, 7) is 5.07. The van der Waals surface area contributed by atoms with Gasteiger partial charge in [-0.2, -0.15) is 0 Å². The van der Waals surface area contributed by atoms with E-state index in [9.17, 15) is 14.7 Å². The van der Waals surface area contributed by atoms with Crippen LogP contribution in [0.25, 0.3) is 0 Å². The summed E-state index contributed by atoms with van der Waals surface area (Å²) in [6, 6.07) is 6.41. The van der Waals surface area contributed by atoms with E-state index in [0.29, 0.717) is 32.4 Å². The molecule has 0 radical (unpaired) electrons. The number of phenolic OH excluding ortho intramolecular Hbond substituents is 1. The highest BCUT2D eigenvalue weighted by Gasteiger charge is 2.16. The molecular formula is C34H49NO4. The molecule has 0 saturated heterocycles. The molecule has 0 spiro atoms. The van der Waals surface area contributed by atoms with E-state index in [-0.39, 0.29) is 29.1 Å². The van der Waals surface area contributed by atoms with E-state index in [1.807, 2.05) is 6.92 Å². The summed E-state index contributed by atoms with van der Waals surface area (Å²) in [5, 5.41) is 12.5. The maximum atomic E-state index is 12.5. The van der Waals surface area contributed by atoms with E-state index in [0.717, 1.165) is 51.4 Å². The fourth-order valence-corrected chi connectivity index (χ4v) is 3.78. The van der Waals surface area contributed by atoms with Crippen molar-refractivity contribution in [1.82, 2.24) is 5.32 Å². The molecule has 214 valence electrons. The van der Waals surface area contributed by atoms with Gasteiger partial charge in [0.15, 0.2) is 5.78 Å². The third-order valence-corrected chi connectivity index (χ3v) is 6.01. The predicted molar refractivity (Wildman–Crippen MR) is 163 cm³/mol. The van der Waals surface area contributed by atoms with Crippen molar-refractivity contribution >= 4 is 11.7 Å². The largest absolute Gasteiger partial charge is 0.507 e. The number of para-hydroxylation sites is 1. The highest BCUT2D eigenvalue weighted by atomic mass is 16.5. The molecule has 1 rings (SSSR count). The van der Waals surface area contributed by atoms with Crippen molar-refractivity contribution in [3.05, 3.63) is 90.6 Å². The summed E-state index contributed by atoms with van der Waals surface area (Å²) in [5.74, 6) is -0.310. The Morgan fingerprint density at radius 2 is 1.41 bits per heavy atom. The average molecular weight is 536 g/mol. The zero-order valence-electron chi connectivity index (χ0n) is 24.0. The van der Waals surface area contributed by atoms with Gasteiger partial charge in [-0.15, -0.1) is 0 Å². The summed E-state index contributed by atoms with van der Waals surface area (Å²) in [7, 11) is 0. The van der Waals surface area contributed by atoms with Crippen molar-refractivity contribution in [2.24, 2.45) is 0 Å². The van der Waals surface area contributed by atoms with E-state index in [2.05, 4.69) is 73.0 Å². The van der Waals surface area contributed by atoms with Crippen molar-refractivity contribution in [2.75, 3.05) is 13.2 Å². The Kier molecular flexibility index (Phi) is 20.7. The summed E-state index contributed by atoms with van der Waals surface area (Å²) in [5.41, 5.74) is 0.239. The number of hydrogen-bond donors (Lipinski definition) is 2. The van der Waals surface area contributed by atoms with E-state index in [1.54, 1.807) is 18.2 Å². The summed E-state index contributed by atoms with van der Waals surface area (Å²) < 4.78 is 5.83. The number of Topliss-reactive ketones (excluding diaryl/α,β-unsaturated/α-hetero) is 1. The molecule has 0 aliphatic rings. The first-order chi connectivity index (χ1) is 19.1. The maximum Gasteiger partial charge on any atom is 0.255 e. The van der Waals surface area contributed by atoms with Crippen LogP contribution in [0.3, 0.4) is 0 Å². The Morgan fingerprint density at radius 3 is 2.00 bits per heavy atom. The molecule has 1 amide bonds. The second-order valence-electron chi connectivity index (χ2n) is 9.31. The number of amides is 1. The molecule has 0 fully saturated rings. The second-order valence-corrected chi connectivity index (χ2v) is 9.31. The molecule has 1 aromatic carbocycles. The molecule has 1 atom stereocenters. The van der Waals surface area contributed by atoms with Crippen LogP contribution in [0.1, 0.15) is 94.8 Å². The lowest BCUT2D eigenvalue weighted by molar-refractivity contribution is -0.131. The van der Waals surface area contributed by atoms with Crippen LogP contribution in [-0.4, -0.2) is 36.1 Å². The van der Waals surface area contributed by atoms with Crippen LogP contribution in [0.15, 0.2) is 85.0 Å². The first-order valence-electron chi connectivity index (χ1n) is 14.6. The lowest BCUT2D eigenvalue weighted by Crippen LogP contribution is -2.27. The van der Waals surface area contributed by atoms with Gasteiger partial charge in [-0.05, 0) is 76.3 Å². The number of carbonyl (C=O) groups excluding carboxylic acids is 2. The van der Waals surface area contributed by atoms with Crippen LogP contribution < -0.4 is 5.32 Å². The van der Waals surface area contributed by atoms with E-state index in [1.165, 1.54) is 6.07 Å². The Balaban J connectivity index is 2.05. The number of unbranched alkanes of at least 4 members (excludes halogenated alkanes) is 2. The first-order valence-corrected chi connectivity index (χ1v) is 14.6. The van der Waals surface area contributed by atoms with Crippen LogP contribution in [0, 0.1) is 0 Å². The number of carbonyl (C=O) groups is 2. The molecule has 5 heteroatoms. The van der Waals surface area contributed by atoms with Gasteiger partial charge in [0.05, 0.1) is 5.56 Å². The Bertz CT molecular complexity index is 942. The number of rotatable bonds is 22. The summed E-state index contributed by atoms with van der Waals surface area (Å²) in [6.07, 6.45) is 31.2. The first kappa shape index (κ1) is 33.8. The monoisotopic (exact) mass is 535 g/mol. The minimum atomic E-state index is -0.382. The van der Waals surface area contributed by atoms with Gasteiger partial charge < -0.3 is 15.2 Å². The predicted octanol–water partition coefficient (Wildman–Crippen LogP) is 8.19. The van der Waals surface area contributed by atoms with Gasteiger partial charge in [0.1, 0.15) is 11.9 Å². The highest BCUT2D eigenvalue weighted by Crippen LogP contribution is 2.15. The lowest BCUT2D eigenvalue weighted by Gasteiger charge is -2.15. The summed E-state index contributed by atoms with van der Waals surface area (Å²) in [4.78, 5) is 24.6. The minimum absolute atomic E-state index is 0.0492. The highest BCUT2D eigenvalue weighted by molar-refractivity contribution is 5.96. The molecule has 0 heterocycles. The van der Waals surface area contributed by atoms with Gasteiger partial charge in [-0.25, -0.2) is 0 Å². The van der Waals surface area contributed by atoms with Gasteiger partial charge in [0.2, 0.25) is 0 Å². The van der Waals surface area contributed by atoms with Crippen LogP contribution in [0.2, 0.25) is 0 Å². The topological polar surface area (TPSA) is 75.6 Å². The van der Waals surface area contributed by atoms with Crippen molar-refractivity contribution in [3.8, 4) is 5.75 Å². The van der Waals surface area contributed by atoms with Crippen molar-refractivity contribution in [2.45, 2.75) is 90.6 Å². The van der Waals surface area contributed by atoms with Gasteiger partial charge in [-0.1, -0.05) is 86.7 Å². The van der Waals surface area contributed by atoms with Crippen LogP contribution >= 0.6 is 0 Å². The van der Waals surface area contributed by atoms with Crippen LogP contribution in [-0.2, 0) is 9.53 Å². The number of allylic oxidation sites excluding steroid dienone is 10. The number of benzene rings is 1. The molecule has 1 aromatic rings. The summed E-state index contributed by atoms with van der Waals surface area (Å²) >= 11 is 0. The normalized spacial score (nSPS) is 13.0. The van der Waals surface area contributed by atoms with Gasteiger partial charge in [0, 0.05) is 19.6 Å². The fraction of sp³-hybridized carbons (Fsp3) is 0.471. The number of ketones is 1. The Hall–Kier alpha value is -3.18. The second kappa shape index (κ2) is 23.9. The molecule has 5 nitrogen and oxygen atoms in total. The number of phenols is 1. The molecule has 39 heavy (non-hydrogen) atoms. The molecule has 0 aliphatic carbocycles. The quantitative estimate of drug-likeness (QED) is 0.116. The smallest absolute Gasteiger partial charge is 0.255 e. The Labute approximate surface area is 236 Å². The van der Waals surface area contributed by atoms with E-state index < -0.39 is 0 Å². The zero-order chi connectivity index (χ0) is 28.4. The van der Waals surface area contributed by atoms with Gasteiger partial charge >= 0.3 is 0 Å². The molecular weight excluding hydrogens is 486 g/mol. The molecule has 2 N–H and O–H groups in total. The Morgan fingerprint density at radius 1 is 0.821 bits per heavy atom. The van der Waals surface area contributed by atoms with Gasteiger partial charge in [-0.3, -0.25) is 9.59 Å². The number of ether oxygens (including phenoxy) is 1. The number of nitrogens with one attached hydrogen (secondary N) is 1. The molecule has 0 aliphatic heterocycles. The maximum absolute atomic E-state index is 12.5. The van der Waals surface area contributed by atoms with E-state index >= 15 is 0 Å². The van der Waals surface area contributed by atoms with Crippen molar-refractivity contribution < 1.29 is 19.4 Å². The molecule has 0 saturated carbocycles. The van der Waals surface area contributed by atoms with Crippen LogP contribution in [0.5, 0.6) is 5.75 Å². The van der Waals surface area contributed by atoms with Crippen molar-refractivity contribution in [3.63, 3.8) is 0 Å².